The average Bonchev–Trinajstić information content (AvgIpc) is 2.89. The van der Waals surface area contributed by atoms with E-state index < -0.39 is 0 Å². The van der Waals surface area contributed by atoms with E-state index in [1.807, 2.05) is 37.3 Å². The number of rotatable bonds is 4. The summed E-state index contributed by atoms with van der Waals surface area (Å²) in [4.78, 5) is 7.28. The summed E-state index contributed by atoms with van der Waals surface area (Å²) < 4.78 is 5.84. The number of hydrogen-bond acceptors (Lipinski definition) is 3. The van der Waals surface area contributed by atoms with Crippen LogP contribution in [0.5, 0.6) is 0 Å². The number of oxazole rings is 1. The summed E-state index contributed by atoms with van der Waals surface area (Å²) in [6, 6.07) is 10.8. The number of nitrogens with zero attached hydrogens (tertiary/aromatic N) is 2. The third kappa shape index (κ3) is 3.35. The van der Waals surface area contributed by atoms with Gasteiger partial charge in [-0.25, -0.2) is 4.98 Å². The molecule has 0 amide bonds. The van der Waals surface area contributed by atoms with E-state index in [9.17, 15) is 0 Å². The van der Waals surface area contributed by atoms with Crippen molar-refractivity contribution >= 4 is 0 Å². The number of likely N-dealkylation sites (tertiary alicyclic amines) is 1. The van der Waals surface area contributed by atoms with Crippen molar-refractivity contribution in [3.8, 4) is 11.5 Å². The molecule has 3 rings (SSSR count). The summed E-state index contributed by atoms with van der Waals surface area (Å²) in [5, 5.41) is 0. The Bertz CT molecular complexity index is 576. The summed E-state index contributed by atoms with van der Waals surface area (Å²) in [6.45, 7) is 6.67. The molecule has 1 unspecified atom stereocenters. The molecule has 21 heavy (non-hydrogen) atoms. The second-order valence-corrected chi connectivity index (χ2v) is 6.02. The third-order valence-corrected chi connectivity index (χ3v) is 4.49. The van der Waals surface area contributed by atoms with Crippen LogP contribution in [0.2, 0.25) is 0 Å². The van der Waals surface area contributed by atoms with Crippen molar-refractivity contribution in [2.75, 3.05) is 13.1 Å². The zero-order chi connectivity index (χ0) is 14.7. The van der Waals surface area contributed by atoms with Crippen molar-refractivity contribution in [1.82, 2.24) is 9.88 Å². The second-order valence-electron chi connectivity index (χ2n) is 6.02. The molecule has 0 bridgehead atoms. The van der Waals surface area contributed by atoms with Gasteiger partial charge in [-0.15, -0.1) is 0 Å². The van der Waals surface area contributed by atoms with Crippen molar-refractivity contribution in [3.05, 3.63) is 41.8 Å². The van der Waals surface area contributed by atoms with Gasteiger partial charge in [0.25, 0.3) is 0 Å². The Morgan fingerprint density at radius 1 is 1.24 bits per heavy atom. The minimum Gasteiger partial charge on any atom is -0.441 e. The fraction of sp³-hybridized carbons (Fsp3) is 0.500. The van der Waals surface area contributed by atoms with Crippen LogP contribution in [0.4, 0.5) is 0 Å². The number of piperidine rings is 1. The first-order chi connectivity index (χ1) is 10.2. The lowest BCUT2D eigenvalue weighted by Crippen LogP contribution is -2.38. The molecule has 0 spiro atoms. The first-order valence-corrected chi connectivity index (χ1v) is 8.00. The molecule has 2 aromatic rings. The molecule has 0 radical (unpaired) electrons. The van der Waals surface area contributed by atoms with Crippen molar-refractivity contribution in [1.29, 1.82) is 0 Å². The van der Waals surface area contributed by atoms with Crippen LogP contribution in [0, 0.1) is 6.92 Å². The summed E-state index contributed by atoms with van der Waals surface area (Å²) in [5.41, 5.74) is 2.16. The van der Waals surface area contributed by atoms with E-state index in [1.54, 1.807) is 0 Å². The van der Waals surface area contributed by atoms with Crippen molar-refractivity contribution < 1.29 is 4.42 Å². The van der Waals surface area contributed by atoms with Crippen LogP contribution in [-0.4, -0.2) is 29.0 Å². The van der Waals surface area contributed by atoms with E-state index in [0.29, 0.717) is 6.04 Å². The predicted octanol–water partition coefficient (Wildman–Crippen LogP) is 4.07. The van der Waals surface area contributed by atoms with Gasteiger partial charge in [0.1, 0.15) is 5.76 Å². The highest BCUT2D eigenvalue weighted by Crippen LogP contribution is 2.22. The van der Waals surface area contributed by atoms with Crippen molar-refractivity contribution in [2.24, 2.45) is 0 Å². The van der Waals surface area contributed by atoms with E-state index in [0.717, 1.165) is 35.9 Å². The van der Waals surface area contributed by atoms with E-state index in [-0.39, 0.29) is 0 Å². The van der Waals surface area contributed by atoms with Gasteiger partial charge in [-0.1, -0.05) is 24.6 Å². The van der Waals surface area contributed by atoms with E-state index in [2.05, 4.69) is 11.8 Å². The van der Waals surface area contributed by atoms with Crippen LogP contribution < -0.4 is 0 Å². The summed E-state index contributed by atoms with van der Waals surface area (Å²) in [7, 11) is 0. The lowest BCUT2D eigenvalue weighted by Gasteiger charge is -2.33. The van der Waals surface area contributed by atoms with Crippen LogP contribution in [0.3, 0.4) is 0 Å². The van der Waals surface area contributed by atoms with Gasteiger partial charge in [0, 0.05) is 24.6 Å². The largest absolute Gasteiger partial charge is 0.441 e. The Hall–Kier alpha value is -1.61. The van der Waals surface area contributed by atoms with Gasteiger partial charge in [-0.05, 0) is 45.4 Å². The first kappa shape index (κ1) is 14.3. The maximum atomic E-state index is 5.84. The predicted molar refractivity (Wildman–Crippen MR) is 85.3 cm³/mol. The van der Waals surface area contributed by atoms with Crippen molar-refractivity contribution in [3.63, 3.8) is 0 Å². The molecule has 2 heterocycles. The third-order valence-electron chi connectivity index (χ3n) is 4.49. The molecule has 1 aromatic heterocycles. The minimum atomic E-state index is 0.708. The van der Waals surface area contributed by atoms with Crippen LogP contribution >= 0.6 is 0 Å². The van der Waals surface area contributed by atoms with Crippen LogP contribution in [0.15, 0.2) is 34.7 Å². The maximum absolute atomic E-state index is 5.84. The zero-order valence-electron chi connectivity index (χ0n) is 13.0. The van der Waals surface area contributed by atoms with Gasteiger partial charge in [0.2, 0.25) is 5.89 Å². The van der Waals surface area contributed by atoms with Gasteiger partial charge in [0.15, 0.2) is 0 Å². The van der Waals surface area contributed by atoms with E-state index >= 15 is 0 Å². The standard InChI is InChI=1S/C18H24N2O/c1-14-8-6-7-12-20(14)13-11-17-15(2)21-18(19-17)16-9-4-3-5-10-16/h3-5,9-10,14H,6-8,11-13H2,1-2H3. The lowest BCUT2D eigenvalue weighted by atomic mass is 10.0. The van der Waals surface area contributed by atoms with E-state index in [1.165, 1.54) is 25.8 Å². The molecule has 0 aliphatic carbocycles. The highest BCUT2D eigenvalue weighted by atomic mass is 16.4. The molecule has 3 heteroatoms. The molecule has 1 aliphatic heterocycles. The number of aromatic nitrogens is 1. The average molecular weight is 284 g/mol. The molecule has 112 valence electrons. The quantitative estimate of drug-likeness (QED) is 0.847. The SMILES string of the molecule is Cc1oc(-c2ccccc2)nc1CCN1CCCCC1C. The molecule has 1 aromatic carbocycles. The monoisotopic (exact) mass is 284 g/mol. The zero-order valence-corrected chi connectivity index (χ0v) is 13.0. The maximum Gasteiger partial charge on any atom is 0.226 e. The summed E-state index contributed by atoms with van der Waals surface area (Å²) in [6.07, 6.45) is 5.01. The number of aryl methyl sites for hydroxylation is 1. The van der Waals surface area contributed by atoms with Gasteiger partial charge >= 0.3 is 0 Å². The molecular weight excluding hydrogens is 260 g/mol. The molecule has 1 fully saturated rings. The number of hydrogen-bond donors (Lipinski definition) is 0. The van der Waals surface area contributed by atoms with Crippen LogP contribution in [0.1, 0.15) is 37.6 Å². The summed E-state index contributed by atoms with van der Waals surface area (Å²) in [5.74, 6) is 1.70. The molecule has 0 N–H and O–H groups in total. The Kier molecular flexibility index (Phi) is 4.39. The Balaban J connectivity index is 1.67. The normalized spacial score (nSPS) is 19.8. The van der Waals surface area contributed by atoms with Crippen LogP contribution in [-0.2, 0) is 6.42 Å². The highest BCUT2D eigenvalue weighted by molar-refractivity contribution is 5.53. The first-order valence-electron chi connectivity index (χ1n) is 8.00. The molecule has 0 saturated carbocycles. The van der Waals surface area contributed by atoms with Crippen LogP contribution in [0.25, 0.3) is 11.5 Å². The Morgan fingerprint density at radius 2 is 2.05 bits per heavy atom. The molecular formula is C18H24N2O. The smallest absolute Gasteiger partial charge is 0.226 e. The molecule has 1 aliphatic rings. The Morgan fingerprint density at radius 3 is 2.81 bits per heavy atom. The lowest BCUT2D eigenvalue weighted by molar-refractivity contribution is 0.162. The highest BCUT2D eigenvalue weighted by Gasteiger charge is 2.19. The Labute approximate surface area is 127 Å². The minimum absolute atomic E-state index is 0.708. The van der Waals surface area contributed by atoms with Gasteiger partial charge in [-0.3, -0.25) is 0 Å². The fourth-order valence-corrected chi connectivity index (χ4v) is 3.10. The molecule has 1 atom stereocenters. The van der Waals surface area contributed by atoms with E-state index in [4.69, 9.17) is 9.40 Å². The van der Waals surface area contributed by atoms with Gasteiger partial charge < -0.3 is 9.32 Å². The van der Waals surface area contributed by atoms with Gasteiger partial charge in [-0.2, -0.15) is 0 Å². The fourth-order valence-electron chi connectivity index (χ4n) is 3.10. The topological polar surface area (TPSA) is 29.3 Å². The van der Waals surface area contributed by atoms with Gasteiger partial charge in [0.05, 0.1) is 5.69 Å². The summed E-state index contributed by atoms with van der Waals surface area (Å²) >= 11 is 0. The molecule has 1 saturated heterocycles. The molecule has 3 nitrogen and oxygen atoms in total. The second kappa shape index (κ2) is 6.44. The van der Waals surface area contributed by atoms with Crippen molar-refractivity contribution in [2.45, 2.75) is 45.6 Å². The number of benzene rings is 1.